The number of thiocarbonyl (C=S) groups is 1. The fraction of sp³-hybridized carbons (Fsp3) is 0.300. The summed E-state index contributed by atoms with van der Waals surface area (Å²) >= 11 is 18.0. The molecular weight excluding hydrogens is 413 g/mol. The van der Waals surface area contributed by atoms with Crippen LogP contribution in [0.1, 0.15) is 30.9 Å². The van der Waals surface area contributed by atoms with Crippen molar-refractivity contribution in [3.8, 4) is 0 Å². The lowest BCUT2D eigenvalue weighted by Crippen LogP contribution is -2.47. The smallest absolute Gasteiger partial charge is 0.171 e. The average molecular weight is 434 g/mol. The first-order valence-corrected chi connectivity index (χ1v) is 10.5. The molecule has 0 radical (unpaired) electrons. The highest BCUT2D eigenvalue weighted by atomic mass is 35.5. The van der Waals surface area contributed by atoms with E-state index in [9.17, 15) is 0 Å². The van der Waals surface area contributed by atoms with Crippen molar-refractivity contribution in [2.24, 2.45) is 0 Å². The molecule has 1 aromatic heterocycles. The number of halogens is 2. The van der Waals surface area contributed by atoms with Crippen molar-refractivity contribution in [1.82, 2.24) is 20.8 Å². The fourth-order valence-corrected chi connectivity index (χ4v) is 4.17. The van der Waals surface area contributed by atoms with Crippen LogP contribution in [0.5, 0.6) is 0 Å². The molecule has 0 unspecified atom stereocenters. The van der Waals surface area contributed by atoms with Crippen LogP contribution in [-0.4, -0.2) is 27.9 Å². The Balaban J connectivity index is 1.53. The number of H-pyrrole nitrogens is 1. The average Bonchev–Trinajstić information content (AvgIpc) is 3.17. The molecule has 2 heterocycles. The SMILES string of the molecule is S=C(Nc1ccc2[nH]ncc2c1)N[C@@H](c1ccc(Cl)c(Cl)c1)[C@@H]1CCCCN1. The number of hydrogen-bond acceptors (Lipinski definition) is 3. The minimum atomic E-state index is -0.00674. The van der Waals surface area contributed by atoms with Crippen molar-refractivity contribution in [2.75, 3.05) is 11.9 Å². The Bertz CT molecular complexity index is 984. The van der Waals surface area contributed by atoms with Crippen LogP contribution in [0, 0.1) is 0 Å². The molecule has 5 nitrogen and oxygen atoms in total. The molecule has 1 aliphatic rings. The summed E-state index contributed by atoms with van der Waals surface area (Å²) in [7, 11) is 0. The van der Waals surface area contributed by atoms with Crippen LogP contribution >= 0.6 is 35.4 Å². The van der Waals surface area contributed by atoms with Gasteiger partial charge in [0.05, 0.1) is 27.8 Å². The summed E-state index contributed by atoms with van der Waals surface area (Å²) in [4.78, 5) is 0. The van der Waals surface area contributed by atoms with Gasteiger partial charge < -0.3 is 16.0 Å². The van der Waals surface area contributed by atoms with Crippen molar-refractivity contribution in [3.63, 3.8) is 0 Å². The van der Waals surface area contributed by atoms with Gasteiger partial charge in [0, 0.05) is 17.1 Å². The summed E-state index contributed by atoms with van der Waals surface area (Å²) in [5.41, 5.74) is 2.96. The van der Waals surface area contributed by atoms with E-state index in [4.69, 9.17) is 35.4 Å². The van der Waals surface area contributed by atoms with Crippen LogP contribution in [0.2, 0.25) is 10.0 Å². The Morgan fingerprint density at radius 3 is 2.82 bits per heavy atom. The Morgan fingerprint density at radius 1 is 1.14 bits per heavy atom. The third kappa shape index (κ3) is 4.41. The number of aromatic amines is 1. The molecule has 3 aromatic rings. The largest absolute Gasteiger partial charge is 0.354 e. The second kappa shape index (κ2) is 8.66. The number of benzene rings is 2. The molecular formula is C20H21Cl2N5S. The number of nitrogens with zero attached hydrogens (tertiary/aromatic N) is 1. The number of anilines is 1. The highest BCUT2D eigenvalue weighted by Crippen LogP contribution is 2.29. The number of hydrogen-bond donors (Lipinski definition) is 4. The molecule has 4 N–H and O–H groups in total. The second-order valence-corrected chi connectivity index (χ2v) is 8.20. The zero-order valence-electron chi connectivity index (χ0n) is 15.1. The van der Waals surface area contributed by atoms with Crippen LogP contribution in [0.25, 0.3) is 10.9 Å². The monoisotopic (exact) mass is 433 g/mol. The first-order valence-electron chi connectivity index (χ1n) is 9.29. The van der Waals surface area contributed by atoms with E-state index in [1.54, 1.807) is 6.20 Å². The van der Waals surface area contributed by atoms with Gasteiger partial charge in [-0.3, -0.25) is 5.10 Å². The van der Waals surface area contributed by atoms with Gasteiger partial charge in [0.25, 0.3) is 0 Å². The molecule has 1 aliphatic heterocycles. The highest BCUT2D eigenvalue weighted by molar-refractivity contribution is 7.80. The zero-order valence-corrected chi connectivity index (χ0v) is 17.5. The van der Waals surface area contributed by atoms with E-state index in [1.807, 2.05) is 36.4 Å². The number of fused-ring (bicyclic) bond motifs is 1. The summed E-state index contributed by atoms with van der Waals surface area (Å²) in [6.07, 6.45) is 5.25. The Labute approximate surface area is 179 Å². The van der Waals surface area contributed by atoms with Crippen molar-refractivity contribution in [2.45, 2.75) is 31.3 Å². The molecule has 0 amide bonds. The van der Waals surface area contributed by atoms with Crippen molar-refractivity contribution >= 4 is 57.1 Å². The second-order valence-electron chi connectivity index (χ2n) is 6.98. The number of nitrogens with one attached hydrogen (secondary N) is 4. The van der Waals surface area contributed by atoms with Gasteiger partial charge in [-0.2, -0.15) is 5.10 Å². The Morgan fingerprint density at radius 2 is 2.04 bits per heavy atom. The van der Waals surface area contributed by atoms with Crippen LogP contribution in [0.15, 0.2) is 42.6 Å². The van der Waals surface area contributed by atoms with Crippen LogP contribution in [0.3, 0.4) is 0 Å². The van der Waals surface area contributed by atoms with E-state index < -0.39 is 0 Å². The Kier molecular flexibility index (Phi) is 6.01. The molecule has 0 bridgehead atoms. The molecule has 2 aromatic carbocycles. The van der Waals surface area contributed by atoms with Crippen molar-refractivity contribution in [3.05, 3.63) is 58.2 Å². The first kappa shape index (κ1) is 19.5. The van der Waals surface area contributed by atoms with Gasteiger partial charge >= 0.3 is 0 Å². The van der Waals surface area contributed by atoms with E-state index in [2.05, 4.69) is 26.1 Å². The molecule has 0 spiro atoms. The quantitative estimate of drug-likeness (QED) is 0.434. The summed E-state index contributed by atoms with van der Waals surface area (Å²) in [5.74, 6) is 0. The minimum Gasteiger partial charge on any atom is -0.354 e. The molecule has 1 saturated heterocycles. The summed E-state index contributed by atoms with van der Waals surface area (Å²) in [5, 5.41) is 20.0. The van der Waals surface area contributed by atoms with Crippen LogP contribution < -0.4 is 16.0 Å². The summed E-state index contributed by atoms with van der Waals surface area (Å²) < 4.78 is 0. The molecule has 8 heteroatoms. The van der Waals surface area contributed by atoms with E-state index >= 15 is 0 Å². The van der Waals surface area contributed by atoms with Crippen molar-refractivity contribution < 1.29 is 0 Å². The molecule has 2 atom stereocenters. The van der Waals surface area contributed by atoms with Crippen molar-refractivity contribution in [1.29, 1.82) is 0 Å². The lowest BCUT2D eigenvalue weighted by Gasteiger charge is -2.33. The van der Waals surface area contributed by atoms with E-state index in [0.29, 0.717) is 15.2 Å². The predicted octanol–water partition coefficient (Wildman–Crippen LogP) is 5.04. The first-order chi connectivity index (χ1) is 13.6. The molecule has 0 saturated carbocycles. The van der Waals surface area contributed by atoms with Gasteiger partial charge in [0.1, 0.15) is 0 Å². The van der Waals surface area contributed by atoms with Gasteiger partial charge in [-0.25, -0.2) is 0 Å². The standard InChI is InChI=1S/C20H21Cl2N5S/c21-15-6-4-12(10-16(15)22)19(18-3-1-2-8-23-18)26-20(28)25-14-5-7-17-13(9-14)11-24-27-17/h4-7,9-11,18-19,23H,1-3,8H2,(H,24,27)(H2,25,26,28)/t18-,19-/m0/s1. The molecule has 4 rings (SSSR count). The summed E-state index contributed by atoms with van der Waals surface area (Å²) in [6, 6.07) is 12.0. The third-order valence-electron chi connectivity index (χ3n) is 5.04. The molecule has 146 valence electrons. The maximum atomic E-state index is 6.27. The lowest BCUT2D eigenvalue weighted by atomic mass is 9.92. The van der Waals surface area contributed by atoms with E-state index in [-0.39, 0.29) is 12.1 Å². The molecule has 0 aliphatic carbocycles. The number of aromatic nitrogens is 2. The predicted molar refractivity (Wildman–Crippen MR) is 120 cm³/mol. The van der Waals surface area contributed by atoms with Gasteiger partial charge in [0.2, 0.25) is 0 Å². The number of rotatable bonds is 4. The molecule has 1 fully saturated rings. The Hall–Kier alpha value is -1.86. The topological polar surface area (TPSA) is 64.8 Å². The van der Waals surface area contributed by atoms with E-state index in [1.165, 1.54) is 12.8 Å². The maximum absolute atomic E-state index is 6.27. The zero-order chi connectivity index (χ0) is 19.5. The maximum Gasteiger partial charge on any atom is 0.171 e. The van der Waals surface area contributed by atoms with Gasteiger partial charge in [0.15, 0.2) is 5.11 Å². The summed E-state index contributed by atoms with van der Waals surface area (Å²) in [6.45, 7) is 1.00. The lowest BCUT2D eigenvalue weighted by molar-refractivity contribution is 0.338. The number of piperidine rings is 1. The molecule has 28 heavy (non-hydrogen) atoms. The fourth-order valence-electron chi connectivity index (χ4n) is 3.61. The third-order valence-corrected chi connectivity index (χ3v) is 6.00. The van der Waals surface area contributed by atoms with Crippen LogP contribution in [-0.2, 0) is 0 Å². The van der Waals surface area contributed by atoms with Gasteiger partial charge in [-0.1, -0.05) is 35.7 Å². The van der Waals surface area contributed by atoms with Crippen LogP contribution in [0.4, 0.5) is 5.69 Å². The van der Waals surface area contributed by atoms with Gasteiger partial charge in [-0.05, 0) is 67.5 Å². The normalized spacial score (nSPS) is 18.0. The van der Waals surface area contributed by atoms with Gasteiger partial charge in [-0.15, -0.1) is 0 Å². The minimum absolute atomic E-state index is 0.00674. The highest BCUT2D eigenvalue weighted by Gasteiger charge is 2.26. The van der Waals surface area contributed by atoms with E-state index in [0.717, 1.165) is 35.1 Å².